The molecule has 2 rings (SSSR count). The van der Waals surface area contributed by atoms with E-state index in [1.54, 1.807) is 6.20 Å². The zero-order chi connectivity index (χ0) is 6.97. The molecule has 3 heteroatoms. The zero-order valence-corrected chi connectivity index (χ0v) is 6.67. The van der Waals surface area contributed by atoms with E-state index in [1.807, 2.05) is 22.7 Å². The van der Waals surface area contributed by atoms with E-state index in [1.165, 1.54) is 0 Å². The molecule has 0 aromatic carbocycles. The highest BCUT2D eigenvalue weighted by molar-refractivity contribution is 9.10. The summed E-state index contributed by atoms with van der Waals surface area (Å²) in [5, 5.41) is 0. The van der Waals surface area contributed by atoms with Crippen LogP contribution in [0.25, 0.3) is 5.65 Å². The molecule has 10 heavy (non-hydrogen) atoms. The minimum Gasteiger partial charge on any atom is -0.294 e. The Morgan fingerprint density at radius 3 is 3.30 bits per heavy atom. The van der Waals surface area contributed by atoms with E-state index < -0.39 is 0 Å². The van der Waals surface area contributed by atoms with Gasteiger partial charge < -0.3 is 0 Å². The van der Waals surface area contributed by atoms with Crippen LogP contribution in [-0.2, 0) is 0 Å². The number of aromatic nitrogens is 2. The molecule has 2 aromatic heterocycles. The predicted octanol–water partition coefficient (Wildman–Crippen LogP) is 1.90. The second kappa shape index (κ2) is 2.09. The second-order valence-electron chi connectivity index (χ2n) is 1.94. The first-order chi connectivity index (χ1) is 4.88. The van der Waals surface area contributed by atoms with Crippen molar-refractivity contribution < 1.29 is 0 Å². The van der Waals surface area contributed by atoms with Crippen molar-refractivity contribution in [2.24, 2.45) is 0 Å². The van der Waals surface area contributed by atoms with Crippen LogP contribution in [0.5, 0.6) is 0 Å². The van der Waals surface area contributed by atoms with E-state index in [4.69, 9.17) is 0 Å². The van der Waals surface area contributed by atoms with Crippen LogP contribution in [0.4, 0.5) is 0 Å². The van der Waals surface area contributed by atoms with Gasteiger partial charge in [0.1, 0.15) is 10.3 Å². The van der Waals surface area contributed by atoms with Crippen LogP contribution < -0.4 is 0 Å². The van der Waals surface area contributed by atoms with Crippen LogP contribution in [0.3, 0.4) is 0 Å². The summed E-state index contributed by atoms with van der Waals surface area (Å²) >= 11 is 3.35. The van der Waals surface area contributed by atoms with Gasteiger partial charge >= 0.3 is 0 Å². The van der Waals surface area contributed by atoms with E-state index in [0.29, 0.717) is 0 Å². The number of hydrogen-bond donors (Lipinski definition) is 0. The molecule has 0 aliphatic carbocycles. The molecule has 1 radical (unpaired) electrons. The van der Waals surface area contributed by atoms with Gasteiger partial charge in [-0.15, -0.1) is 0 Å². The van der Waals surface area contributed by atoms with Crippen molar-refractivity contribution in [1.82, 2.24) is 9.38 Å². The number of rotatable bonds is 0. The van der Waals surface area contributed by atoms with Gasteiger partial charge in [0.05, 0.1) is 6.20 Å². The summed E-state index contributed by atoms with van der Waals surface area (Å²) in [5.74, 6) is 0. The molecular formula is C7H4BrN2. The fourth-order valence-corrected chi connectivity index (χ4v) is 1.25. The minimum atomic E-state index is 0.911. The van der Waals surface area contributed by atoms with Gasteiger partial charge in [-0.3, -0.25) is 4.40 Å². The number of imidazole rings is 1. The fourth-order valence-electron chi connectivity index (χ4n) is 0.848. The third kappa shape index (κ3) is 0.743. The quantitative estimate of drug-likeness (QED) is 0.628. The van der Waals surface area contributed by atoms with Crippen molar-refractivity contribution >= 4 is 21.6 Å². The molecular weight excluding hydrogens is 192 g/mol. The molecule has 0 atom stereocenters. The smallest absolute Gasteiger partial charge is 0.138 e. The number of halogens is 1. The third-order valence-electron chi connectivity index (χ3n) is 1.31. The van der Waals surface area contributed by atoms with E-state index in [0.717, 1.165) is 10.3 Å². The van der Waals surface area contributed by atoms with E-state index in [2.05, 4.69) is 27.0 Å². The summed E-state index contributed by atoms with van der Waals surface area (Å²) in [4.78, 5) is 4.10. The van der Waals surface area contributed by atoms with Gasteiger partial charge in [-0.2, -0.15) is 0 Å². The molecule has 0 saturated heterocycles. The molecule has 0 fully saturated rings. The summed E-state index contributed by atoms with van der Waals surface area (Å²) in [5.41, 5.74) is 0.911. The number of hydrogen-bond acceptors (Lipinski definition) is 1. The van der Waals surface area contributed by atoms with Crippen molar-refractivity contribution in [1.29, 1.82) is 0 Å². The Morgan fingerprint density at radius 2 is 2.50 bits per heavy atom. The Hall–Kier alpha value is -0.830. The predicted molar refractivity (Wildman–Crippen MR) is 41.7 cm³/mol. The molecule has 0 aliphatic rings. The number of pyridine rings is 1. The van der Waals surface area contributed by atoms with Crippen LogP contribution >= 0.6 is 15.9 Å². The lowest BCUT2D eigenvalue weighted by Gasteiger charge is -1.90. The summed E-state index contributed by atoms with van der Waals surface area (Å²) in [6.07, 6.45) is 3.68. The highest BCUT2D eigenvalue weighted by Gasteiger charge is 1.95. The van der Waals surface area contributed by atoms with E-state index >= 15 is 0 Å². The highest BCUT2D eigenvalue weighted by atomic mass is 79.9. The third-order valence-corrected chi connectivity index (χ3v) is 1.90. The molecule has 0 saturated carbocycles. The van der Waals surface area contributed by atoms with Crippen LogP contribution in [0.1, 0.15) is 0 Å². The Bertz CT molecular complexity index is 353. The van der Waals surface area contributed by atoms with Gasteiger partial charge in [-0.1, -0.05) is 0 Å². The fraction of sp³-hybridized carbons (Fsp3) is 0. The van der Waals surface area contributed by atoms with Crippen molar-refractivity contribution in [2.75, 3.05) is 0 Å². The maximum absolute atomic E-state index is 4.10. The summed E-state index contributed by atoms with van der Waals surface area (Å²) in [6, 6.07) is 6.63. The van der Waals surface area contributed by atoms with E-state index in [9.17, 15) is 0 Å². The first kappa shape index (κ1) is 5.92. The van der Waals surface area contributed by atoms with Gasteiger partial charge in [0.25, 0.3) is 0 Å². The van der Waals surface area contributed by atoms with Gasteiger partial charge in [-0.25, -0.2) is 4.98 Å². The molecule has 2 aromatic rings. The molecule has 2 heterocycles. The summed E-state index contributed by atoms with van der Waals surface area (Å²) < 4.78 is 2.91. The monoisotopic (exact) mass is 195 g/mol. The van der Waals surface area contributed by atoms with Crippen LogP contribution in [0.2, 0.25) is 0 Å². The molecule has 0 spiro atoms. The Morgan fingerprint density at radius 1 is 1.60 bits per heavy atom. The molecule has 49 valence electrons. The van der Waals surface area contributed by atoms with Gasteiger partial charge in [-0.05, 0) is 34.1 Å². The molecule has 2 nitrogen and oxygen atoms in total. The average molecular weight is 196 g/mol. The lowest BCUT2D eigenvalue weighted by molar-refractivity contribution is 1.15. The van der Waals surface area contributed by atoms with Crippen molar-refractivity contribution in [3.63, 3.8) is 0 Å². The molecule has 0 N–H and O–H groups in total. The van der Waals surface area contributed by atoms with Crippen LogP contribution in [-0.4, -0.2) is 9.38 Å². The lowest BCUT2D eigenvalue weighted by atomic mass is 10.5. The Labute approximate surface area is 66.6 Å². The maximum atomic E-state index is 4.10. The first-order valence-corrected chi connectivity index (χ1v) is 3.66. The van der Waals surface area contributed by atoms with Crippen molar-refractivity contribution in [2.45, 2.75) is 0 Å². The standard InChI is InChI=1S/C7H4BrN2/c8-6-5-9-7-3-1-2-4-10(6)7/h2-5H. The van der Waals surface area contributed by atoms with Gasteiger partial charge in [0.15, 0.2) is 0 Å². The Kier molecular flexibility index (Phi) is 1.24. The molecule has 0 aliphatic heterocycles. The number of fused-ring (bicyclic) bond motifs is 1. The summed E-state index contributed by atoms with van der Waals surface area (Å²) in [6.45, 7) is 0. The molecule has 0 amide bonds. The molecule has 0 unspecified atom stereocenters. The Balaban J connectivity index is 2.93. The summed E-state index contributed by atoms with van der Waals surface area (Å²) in [7, 11) is 0. The first-order valence-electron chi connectivity index (χ1n) is 2.86. The highest BCUT2D eigenvalue weighted by Crippen LogP contribution is 2.10. The maximum Gasteiger partial charge on any atom is 0.138 e. The minimum absolute atomic E-state index is 0.911. The van der Waals surface area contributed by atoms with Gasteiger partial charge in [0.2, 0.25) is 0 Å². The van der Waals surface area contributed by atoms with Crippen LogP contribution in [0.15, 0.2) is 29.1 Å². The van der Waals surface area contributed by atoms with Crippen LogP contribution in [0, 0.1) is 6.07 Å². The largest absolute Gasteiger partial charge is 0.294 e. The normalized spacial score (nSPS) is 10.5. The van der Waals surface area contributed by atoms with Crippen molar-refractivity contribution in [3.8, 4) is 0 Å². The van der Waals surface area contributed by atoms with Crippen molar-refractivity contribution in [3.05, 3.63) is 35.2 Å². The second-order valence-corrected chi connectivity index (χ2v) is 2.75. The molecule has 0 bridgehead atoms. The topological polar surface area (TPSA) is 17.3 Å². The SMILES string of the molecule is Brc1cnc2c[c]ccn12. The van der Waals surface area contributed by atoms with Gasteiger partial charge in [0, 0.05) is 6.20 Å². The lowest BCUT2D eigenvalue weighted by Crippen LogP contribution is -1.80. The van der Waals surface area contributed by atoms with E-state index in [-0.39, 0.29) is 0 Å². The number of nitrogens with zero attached hydrogens (tertiary/aromatic N) is 2. The average Bonchev–Trinajstić information content (AvgIpc) is 2.34. The zero-order valence-electron chi connectivity index (χ0n) is 5.08.